The molecule has 16 heavy (non-hydrogen) atoms. The van der Waals surface area contributed by atoms with Gasteiger partial charge in [0.15, 0.2) is 0 Å². The summed E-state index contributed by atoms with van der Waals surface area (Å²) in [4.78, 5) is 6.60. The molecule has 0 amide bonds. The van der Waals surface area contributed by atoms with E-state index in [1.807, 2.05) is 18.3 Å². The molecule has 2 fully saturated rings. The van der Waals surface area contributed by atoms with Crippen LogP contribution in [0.3, 0.4) is 0 Å². The SMILES string of the molecule is OC1(C2CC2)CN(Cc2ccc(Br)cn2)C1. The van der Waals surface area contributed by atoms with Gasteiger partial charge in [0.05, 0.1) is 11.3 Å². The van der Waals surface area contributed by atoms with E-state index in [-0.39, 0.29) is 5.60 Å². The third kappa shape index (κ3) is 2.01. The van der Waals surface area contributed by atoms with Crippen molar-refractivity contribution in [3.05, 3.63) is 28.5 Å². The first-order chi connectivity index (χ1) is 7.66. The van der Waals surface area contributed by atoms with Crippen molar-refractivity contribution >= 4 is 15.9 Å². The van der Waals surface area contributed by atoms with Gasteiger partial charge in [-0.2, -0.15) is 0 Å². The third-order valence-electron chi connectivity index (χ3n) is 3.51. The summed E-state index contributed by atoms with van der Waals surface area (Å²) in [6.45, 7) is 2.48. The van der Waals surface area contributed by atoms with Gasteiger partial charge in [-0.25, -0.2) is 0 Å². The minimum absolute atomic E-state index is 0.380. The van der Waals surface area contributed by atoms with Gasteiger partial charge in [0.1, 0.15) is 0 Å². The van der Waals surface area contributed by atoms with E-state index in [9.17, 15) is 5.11 Å². The van der Waals surface area contributed by atoms with Gasteiger partial charge < -0.3 is 5.11 Å². The van der Waals surface area contributed by atoms with Gasteiger partial charge in [-0.1, -0.05) is 0 Å². The maximum absolute atomic E-state index is 10.2. The number of likely N-dealkylation sites (tertiary alicyclic amines) is 1. The molecule has 0 aromatic carbocycles. The van der Waals surface area contributed by atoms with E-state index in [1.165, 1.54) is 12.8 Å². The molecule has 3 nitrogen and oxygen atoms in total. The van der Waals surface area contributed by atoms with Crippen LogP contribution in [0, 0.1) is 5.92 Å². The highest BCUT2D eigenvalue weighted by atomic mass is 79.9. The van der Waals surface area contributed by atoms with Gasteiger partial charge in [0.2, 0.25) is 0 Å². The highest BCUT2D eigenvalue weighted by Gasteiger charge is 2.51. The second-order valence-electron chi connectivity index (χ2n) is 4.99. The van der Waals surface area contributed by atoms with E-state index in [1.54, 1.807) is 0 Å². The lowest BCUT2D eigenvalue weighted by Gasteiger charge is -2.47. The van der Waals surface area contributed by atoms with Crippen molar-refractivity contribution in [1.29, 1.82) is 0 Å². The Kier molecular flexibility index (Phi) is 2.53. The molecule has 1 aromatic rings. The summed E-state index contributed by atoms with van der Waals surface area (Å²) >= 11 is 3.37. The van der Waals surface area contributed by atoms with Crippen molar-refractivity contribution in [3.63, 3.8) is 0 Å². The second-order valence-corrected chi connectivity index (χ2v) is 5.91. The first-order valence-electron chi connectivity index (χ1n) is 5.71. The number of hydrogen-bond acceptors (Lipinski definition) is 3. The monoisotopic (exact) mass is 282 g/mol. The molecule has 1 saturated heterocycles. The van der Waals surface area contributed by atoms with Gasteiger partial charge in [0, 0.05) is 30.3 Å². The lowest BCUT2D eigenvalue weighted by molar-refractivity contribution is -0.117. The predicted octanol–water partition coefficient (Wildman–Crippen LogP) is 1.80. The maximum Gasteiger partial charge on any atom is 0.0928 e. The Morgan fingerprint density at radius 1 is 1.44 bits per heavy atom. The van der Waals surface area contributed by atoms with Crippen molar-refractivity contribution in [2.24, 2.45) is 5.92 Å². The molecule has 1 aliphatic carbocycles. The molecular formula is C12H15BrN2O. The molecule has 86 valence electrons. The van der Waals surface area contributed by atoms with Crippen LogP contribution in [-0.2, 0) is 6.54 Å². The molecule has 3 rings (SSSR count). The molecule has 1 saturated carbocycles. The Balaban J connectivity index is 1.55. The van der Waals surface area contributed by atoms with E-state index < -0.39 is 0 Å². The molecule has 0 unspecified atom stereocenters. The smallest absolute Gasteiger partial charge is 0.0928 e. The van der Waals surface area contributed by atoms with E-state index >= 15 is 0 Å². The summed E-state index contributed by atoms with van der Waals surface area (Å²) < 4.78 is 1.01. The average Bonchev–Trinajstić information content (AvgIpc) is 3.02. The Bertz CT molecular complexity index is 383. The quantitative estimate of drug-likeness (QED) is 0.919. The van der Waals surface area contributed by atoms with Crippen molar-refractivity contribution < 1.29 is 5.11 Å². The minimum Gasteiger partial charge on any atom is -0.387 e. The molecule has 0 spiro atoms. The van der Waals surface area contributed by atoms with Crippen LogP contribution < -0.4 is 0 Å². The van der Waals surface area contributed by atoms with E-state index in [2.05, 4.69) is 25.8 Å². The third-order valence-corrected chi connectivity index (χ3v) is 3.98. The van der Waals surface area contributed by atoms with Gasteiger partial charge in [-0.3, -0.25) is 9.88 Å². The highest BCUT2D eigenvalue weighted by molar-refractivity contribution is 9.10. The van der Waals surface area contributed by atoms with E-state index in [0.717, 1.165) is 29.8 Å². The Hall–Kier alpha value is -0.450. The topological polar surface area (TPSA) is 36.4 Å². The second kappa shape index (κ2) is 3.79. The van der Waals surface area contributed by atoms with Crippen LogP contribution in [0.5, 0.6) is 0 Å². The molecule has 4 heteroatoms. The van der Waals surface area contributed by atoms with Crippen molar-refractivity contribution in [1.82, 2.24) is 9.88 Å². The zero-order valence-corrected chi connectivity index (χ0v) is 10.7. The standard InChI is InChI=1S/C12H15BrN2O/c13-10-3-4-11(14-5-10)6-15-7-12(16,8-15)9-1-2-9/h3-5,9,16H,1-2,6-8H2. The van der Waals surface area contributed by atoms with Gasteiger partial charge in [0.25, 0.3) is 0 Å². The summed E-state index contributed by atoms with van der Waals surface area (Å²) in [5, 5.41) is 10.2. The number of hydrogen-bond donors (Lipinski definition) is 1. The Morgan fingerprint density at radius 3 is 2.75 bits per heavy atom. The zero-order chi connectivity index (χ0) is 11.2. The van der Waals surface area contributed by atoms with Crippen LogP contribution in [0.1, 0.15) is 18.5 Å². The zero-order valence-electron chi connectivity index (χ0n) is 9.06. The van der Waals surface area contributed by atoms with E-state index in [4.69, 9.17) is 0 Å². The number of pyridine rings is 1. The minimum atomic E-state index is -0.380. The lowest BCUT2D eigenvalue weighted by atomic mass is 9.88. The number of aromatic nitrogens is 1. The van der Waals surface area contributed by atoms with Crippen LogP contribution in [0.25, 0.3) is 0 Å². The molecule has 1 N–H and O–H groups in total. The van der Waals surface area contributed by atoms with Crippen molar-refractivity contribution in [3.8, 4) is 0 Å². The van der Waals surface area contributed by atoms with Gasteiger partial charge in [-0.15, -0.1) is 0 Å². The fourth-order valence-corrected chi connectivity index (χ4v) is 2.68. The van der Waals surface area contributed by atoms with Gasteiger partial charge >= 0.3 is 0 Å². The molecule has 2 heterocycles. The van der Waals surface area contributed by atoms with Crippen LogP contribution in [0.15, 0.2) is 22.8 Å². The summed E-state index contributed by atoms with van der Waals surface area (Å²) in [5.74, 6) is 0.571. The fraction of sp³-hybridized carbons (Fsp3) is 0.583. The van der Waals surface area contributed by atoms with Crippen LogP contribution in [0.2, 0.25) is 0 Å². The molecule has 0 atom stereocenters. The summed E-state index contributed by atoms with van der Waals surface area (Å²) in [5.41, 5.74) is 0.691. The number of β-amino-alcohol motifs (C(OH)–C–C–N with tert-alkyl or cyclic N) is 1. The van der Waals surface area contributed by atoms with Crippen LogP contribution in [0.4, 0.5) is 0 Å². The molecule has 0 bridgehead atoms. The number of rotatable bonds is 3. The summed E-state index contributed by atoms with van der Waals surface area (Å²) in [6.07, 6.45) is 4.24. The van der Waals surface area contributed by atoms with Crippen molar-refractivity contribution in [2.45, 2.75) is 25.0 Å². The summed E-state index contributed by atoms with van der Waals surface area (Å²) in [6, 6.07) is 4.04. The Morgan fingerprint density at radius 2 is 2.19 bits per heavy atom. The number of nitrogens with zero attached hydrogens (tertiary/aromatic N) is 2. The number of halogens is 1. The summed E-state index contributed by atoms with van der Waals surface area (Å²) in [7, 11) is 0. The lowest BCUT2D eigenvalue weighted by Crippen LogP contribution is -2.62. The maximum atomic E-state index is 10.2. The fourth-order valence-electron chi connectivity index (χ4n) is 2.45. The van der Waals surface area contributed by atoms with Crippen molar-refractivity contribution in [2.75, 3.05) is 13.1 Å². The molecule has 0 radical (unpaired) electrons. The van der Waals surface area contributed by atoms with E-state index in [0.29, 0.717) is 5.92 Å². The average molecular weight is 283 g/mol. The molecule has 1 aliphatic heterocycles. The largest absolute Gasteiger partial charge is 0.387 e. The predicted molar refractivity (Wildman–Crippen MR) is 64.9 cm³/mol. The van der Waals surface area contributed by atoms with Crippen LogP contribution >= 0.6 is 15.9 Å². The van der Waals surface area contributed by atoms with Crippen LogP contribution in [-0.4, -0.2) is 33.7 Å². The normalized spacial score (nSPS) is 24.1. The first-order valence-corrected chi connectivity index (χ1v) is 6.50. The highest BCUT2D eigenvalue weighted by Crippen LogP contribution is 2.44. The first kappa shape index (κ1) is 10.7. The molecule has 2 aliphatic rings. The van der Waals surface area contributed by atoms with Gasteiger partial charge in [-0.05, 0) is 46.8 Å². The molecule has 1 aromatic heterocycles. The number of aliphatic hydroxyl groups is 1. The molecular weight excluding hydrogens is 268 g/mol. The Labute approximate surface area is 104 Å².